The molecule has 1 unspecified atom stereocenters. The molecule has 1 aliphatic carbocycles. The maximum atomic E-state index is 12.9. The number of carbonyl (C=O) groups is 1. The maximum Gasteiger partial charge on any atom is 0.243 e. The first-order chi connectivity index (χ1) is 11.8. The van der Waals surface area contributed by atoms with Crippen LogP contribution in [0.2, 0.25) is 0 Å². The Balaban J connectivity index is 1.97. The second-order valence-corrected chi connectivity index (χ2v) is 7.83. The van der Waals surface area contributed by atoms with E-state index in [2.05, 4.69) is 29.6 Å². The molecule has 0 spiro atoms. The molecule has 2 aliphatic rings. The number of hydrogen-bond acceptors (Lipinski definition) is 4. The van der Waals surface area contributed by atoms with Crippen LogP contribution in [0.15, 0.2) is 40.8 Å². The van der Waals surface area contributed by atoms with Gasteiger partial charge in [0.2, 0.25) is 5.90 Å². The van der Waals surface area contributed by atoms with Gasteiger partial charge in [-0.3, -0.25) is 4.79 Å². The summed E-state index contributed by atoms with van der Waals surface area (Å²) in [5.41, 5.74) is 3.64. The summed E-state index contributed by atoms with van der Waals surface area (Å²) in [6.07, 6.45) is 1.15. The zero-order valence-electron chi connectivity index (χ0n) is 15.0. The van der Waals surface area contributed by atoms with E-state index in [1.165, 1.54) is 0 Å². The van der Waals surface area contributed by atoms with Crippen LogP contribution in [0.1, 0.15) is 43.9 Å². The first-order valence-corrected chi connectivity index (χ1v) is 8.54. The summed E-state index contributed by atoms with van der Waals surface area (Å²) >= 11 is 0. The van der Waals surface area contributed by atoms with Crippen molar-refractivity contribution in [3.63, 3.8) is 0 Å². The van der Waals surface area contributed by atoms with Gasteiger partial charge < -0.3 is 14.5 Å². The van der Waals surface area contributed by atoms with Crippen molar-refractivity contribution in [3.8, 4) is 0 Å². The fraction of sp³-hybridized carbons (Fsp3) is 0.400. The van der Waals surface area contributed by atoms with E-state index in [1.807, 2.05) is 32.2 Å². The Morgan fingerprint density at radius 2 is 2.00 bits per heavy atom. The lowest BCUT2D eigenvalue weighted by Gasteiger charge is -2.28. The van der Waals surface area contributed by atoms with E-state index in [-0.39, 0.29) is 17.1 Å². The molecule has 130 valence electrons. The van der Waals surface area contributed by atoms with Gasteiger partial charge in [0.05, 0.1) is 11.5 Å². The fourth-order valence-electron chi connectivity index (χ4n) is 4.26. The summed E-state index contributed by atoms with van der Waals surface area (Å²) in [4.78, 5) is 12.9. The Labute approximate surface area is 146 Å². The second kappa shape index (κ2) is 5.22. The molecule has 0 saturated carbocycles. The molecule has 0 fully saturated rings. The molecule has 1 aliphatic heterocycles. The molecule has 1 aromatic heterocycles. The molecule has 4 rings (SSSR count). The Kier molecular flexibility index (Phi) is 3.33. The van der Waals surface area contributed by atoms with E-state index in [0.29, 0.717) is 24.2 Å². The first-order valence-electron chi connectivity index (χ1n) is 8.54. The van der Waals surface area contributed by atoms with E-state index in [0.717, 1.165) is 22.2 Å². The molecule has 2 aromatic rings. The molecular formula is C20H22N2O3. The number of hydrogen-bond donors (Lipinski definition) is 1. The van der Waals surface area contributed by atoms with Crippen molar-refractivity contribution in [1.82, 2.24) is 4.57 Å². The quantitative estimate of drug-likeness (QED) is 0.631. The SMILES string of the molecule is Cc1c(C2C(=NO)OC3=C2C(=O)CC(C)(C)C3)c2ccccc2n1C. The van der Waals surface area contributed by atoms with Crippen LogP contribution in [-0.4, -0.2) is 21.5 Å². The summed E-state index contributed by atoms with van der Waals surface area (Å²) in [7, 11) is 2.01. The number of para-hydroxylation sites is 1. The number of fused-ring (bicyclic) bond motifs is 1. The molecule has 25 heavy (non-hydrogen) atoms. The minimum Gasteiger partial charge on any atom is -0.443 e. The normalized spacial score (nSPS) is 24.1. The van der Waals surface area contributed by atoms with Gasteiger partial charge in [0.25, 0.3) is 0 Å². The van der Waals surface area contributed by atoms with Crippen LogP contribution in [-0.2, 0) is 16.6 Å². The average Bonchev–Trinajstić information content (AvgIpc) is 3.02. The third kappa shape index (κ3) is 2.22. The lowest BCUT2D eigenvalue weighted by atomic mass is 9.73. The van der Waals surface area contributed by atoms with Gasteiger partial charge >= 0.3 is 0 Å². The van der Waals surface area contributed by atoms with Gasteiger partial charge in [0.15, 0.2) is 5.78 Å². The number of allylic oxidation sites excluding steroid dienone is 1. The van der Waals surface area contributed by atoms with Gasteiger partial charge in [-0.2, -0.15) is 0 Å². The number of ether oxygens (including phenoxy) is 1. The standard InChI is InChI=1S/C20H22N2O3/c1-11-16(12-7-5-6-8-13(12)22(11)4)18-17-14(23)9-20(2,3)10-15(17)25-19(18)21-24/h5-8,18,24H,9-10H2,1-4H3. The average molecular weight is 338 g/mol. The van der Waals surface area contributed by atoms with Crippen molar-refractivity contribution in [1.29, 1.82) is 0 Å². The van der Waals surface area contributed by atoms with Crippen molar-refractivity contribution >= 4 is 22.6 Å². The Hall–Kier alpha value is -2.56. The van der Waals surface area contributed by atoms with Crippen LogP contribution in [0, 0.1) is 12.3 Å². The van der Waals surface area contributed by atoms with Gasteiger partial charge in [-0.25, -0.2) is 0 Å². The van der Waals surface area contributed by atoms with Crippen LogP contribution in [0.3, 0.4) is 0 Å². The van der Waals surface area contributed by atoms with Crippen LogP contribution in [0.4, 0.5) is 0 Å². The summed E-state index contributed by atoms with van der Waals surface area (Å²) in [6, 6.07) is 8.08. The van der Waals surface area contributed by atoms with E-state index in [1.54, 1.807) is 0 Å². The summed E-state index contributed by atoms with van der Waals surface area (Å²) in [6.45, 7) is 6.15. The van der Waals surface area contributed by atoms with Crippen molar-refractivity contribution in [2.75, 3.05) is 0 Å². The van der Waals surface area contributed by atoms with Gasteiger partial charge in [-0.05, 0) is 24.0 Å². The van der Waals surface area contributed by atoms with Gasteiger partial charge in [-0.15, -0.1) is 0 Å². The molecule has 2 heterocycles. The number of oxime groups is 1. The van der Waals surface area contributed by atoms with Crippen molar-refractivity contribution in [2.24, 2.45) is 17.6 Å². The van der Waals surface area contributed by atoms with Gasteiger partial charge in [0, 0.05) is 36.5 Å². The highest BCUT2D eigenvalue weighted by Crippen LogP contribution is 2.49. The topological polar surface area (TPSA) is 63.8 Å². The summed E-state index contributed by atoms with van der Waals surface area (Å²) in [5, 5.41) is 14.0. The Morgan fingerprint density at radius 1 is 1.28 bits per heavy atom. The van der Waals surface area contributed by atoms with Crippen molar-refractivity contribution in [2.45, 2.75) is 39.5 Å². The number of benzene rings is 1. The lowest BCUT2D eigenvalue weighted by Crippen LogP contribution is -2.26. The number of ketones is 1. The molecule has 0 saturated heterocycles. The van der Waals surface area contributed by atoms with E-state index in [4.69, 9.17) is 4.74 Å². The third-order valence-corrected chi connectivity index (χ3v) is 5.48. The predicted octanol–water partition coefficient (Wildman–Crippen LogP) is 4.03. The number of rotatable bonds is 1. The monoisotopic (exact) mass is 338 g/mol. The van der Waals surface area contributed by atoms with E-state index >= 15 is 0 Å². The second-order valence-electron chi connectivity index (χ2n) is 7.83. The molecular weight excluding hydrogens is 316 g/mol. The highest BCUT2D eigenvalue weighted by atomic mass is 16.5. The van der Waals surface area contributed by atoms with Crippen molar-refractivity contribution in [3.05, 3.63) is 46.9 Å². The van der Waals surface area contributed by atoms with E-state index in [9.17, 15) is 10.0 Å². The zero-order chi connectivity index (χ0) is 17.9. The molecule has 0 radical (unpaired) electrons. The number of Topliss-reactive ketones (excluding diaryl/α,β-unsaturated/α-hetero) is 1. The van der Waals surface area contributed by atoms with Crippen LogP contribution >= 0.6 is 0 Å². The van der Waals surface area contributed by atoms with E-state index < -0.39 is 5.92 Å². The number of nitrogens with zero attached hydrogens (tertiary/aromatic N) is 2. The highest BCUT2D eigenvalue weighted by molar-refractivity contribution is 6.10. The van der Waals surface area contributed by atoms with Crippen LogP contribution < -0.4 is 0 Å². The third-order valence-electron chi connectivity index (χ3n) is 5.48. The summed E-state index contributed by atoms with van der Waals surface area (Å²) < 4.78 is 7.96. The minimum atomic E-state index is -0.435. The first kappa shape index (κ1) is 15.9. The molecule has 5 heteroatoms. The molecule has 1 aromatic carbocycles. The smallest absolute Gasteiger partial charge is 0.243 e. The Morgan fingerprint density at radius 3 is 2.72 bits per heavy atom. The number of aryl methyl sites for hydroxylation is 1. The molecule has 0 bridgehead atoms. The van der Waals surface area contributed by atoms with Crippen LogP contribution in [0.5, 0.6) is 0 Å². The van der Waals surface area contributed by atoms with Gasteiger partial charge in [-0.1, -0.05) is 37.2 Å². The zero-order valence-corrected chi connectivity index (χ0v) is 15.0. The van der Waals surface area contributed by atoms with Crippen molar-refractivity contribution < 1.29 is 14.7 Å². The molecule has 5 nitrogen and oxygen atoms in total. The minimum absolute atomic E-state index is 0.0854. The lowest BCUT2D eigenvalue weighted by molar-refractivity contribution is -0.118. The van der Waals surface area contributed by atoms with Gasteiger partial charge in [0.1, 0.15) is 5.76 Å². The largest absolute Gasteiger partial charge is 0.443 e. The summed E-state index contributed by atoms with van der Waals surface area (Å²) in [5.74, 6) is 0.513. The van der Waals surface area contributed by atoms with Crippen LogP contribution in [0.25, 0.3) is 10.9 Å². The Bertz CT molecular complexity index is 963. The predicted molar refractivity (Wildman–Crippen MR) is 95.8 cm³/mol. The molecule has 1 atom stereocenters. The molecule has 0 amide bonds. The molecule has 1 N–H and O–H groups in total. The number of carbonyl (C=O) groups excluding carboxylic acids is 1. The number of aromatic nitrogens is 1. The maximum absolute atomic E-state index is 12.9. The fourth-order valence-corrected chi connectivity index (χ4v) is 4.26. The highest BCUT2D eigenvalue weighted by Gasteiger charge is 2.46.